The van der Waals surface area contributed by atoms with Gasteiger partial charge in [0.1, 0.15) is 6.10 Å². The first-order chi connectivity index (χ1) is 6.82. The molecular weight excluding hydrogens is 202 g/mol. The summed E-state index contributed by atoms with van der Waals surface area (Å²) in [6.07, 6.45) is -0.837. The summed E-state index contributed by atoms with van der Waals surface area (Å²) in [5.41, 5.74) is 0.843. The molecule has 2 nitrogen and oxygen atoms in total. The van der Waals surface area contributed by atoms with Crippen LogP contribution in [0.2, 0.25) is 0 Å². The first kappa shape index (κ1) is 14.0. The monoisotopic (exact) mass is 218 g/mol. The van der Waals surface area contributed by atoms with E-state index in [0.29, 0.717) is 18.9 Å². The van der Waals surface area contributed by atoms with E-state index >= 15 is 0 Å². The van der Waals surface area contributed by atoms with Crippen molar-refractivity contribution >= 4 is 5.78 Å². The Hall–Kier alpha value is -1.03. The van der Waals surface area contributed by atoms with Crippen LogP contribution < -0.4 is 0 Å². The van der Waals surface area contributed by atoms with Gasteiger partial charge in [-0.05, 0) is 19.8 Å². The highest BCUT2D eigenvalue weighted by Crippen LogP contribution is 2.23. The molecule has 0 heterocycles. The number of halogens is 2. The van der Waals surface area contributed by atoms with Crippen molar-refractivity contribution in [3.05, 3.63) is 24.8 Å². The number of rotatable bonds is 7. The summed E-state index contributed by atoms with van der Waals surface area (Å²) in [6.45, 7) is 8.39. The predicted octanol–water partition coefficient (Wildman–Crippen LogP) is 2.48. The number of allylic oxidation sites excluding steroid dienone is 1. The van der Waals surface area contributed by atoms with E-state index in [1.807, 2.05) is 0 Å². The van der Waals surface area contributed by atoms with Gasteiger partial charge in [0.25, 0.3) is 0 Å². The molecule has 1 atom stereocenters. The largest absolute Gasteiger partial charge is 0.382 e. The summed E-state index contributed by atoms with van der Waals surface area (Å²) in [5, 5.41) is 8.86. The Labute approximate surface area is 88.3 Å². The molecule has 0 radical (unpaired) electrons. The third-order valence-electron chi connectivity index (χ3n) is 1.97. The molecule has 0 aliphatic carbocycles. The van der Waals surface area contributed by atoms with Crippen molar-refractivity contribution in [1.29, 1.82) is 0 Å². The molecule has 0 aliphatic rings. The maximum absolute atomic E-state index is 13.0. The van der Waals surface area contributed by atoms with Gasteiger partial charge in [-0.25, -0.2) is 0 Å². The van der Waals surface area contributed by atoms with E-state index in [1.165, 1.54) is 0 Å². The Morgan fingerprint density at radius 2 is 2.07 bits per heavy atom. The van der Waals surface area contributed by atoms with Crippen LogP contribution in [0.15, 0.2) is 24.8 Å². The number of hydrogen-bond acceptors (Lipinski definition) is 2. The number of carbonyl (C=O) groups is 1. The van der Waals surface area contributed by atoms with Gasteiger partial charge < -0.3 is 5.11 Å². The van der Waals surface area contributed by atoms with E-state index in [9.17, 15) is 13.6 Å². The van der Waals surface area contributed by atoms with E-state index in [-0.39, 0.29) is 6.42 Å². The Morgan fingerprint density at radius 3 is 2.47 bits per heavy atom. The van der Waals surface area contributed by atoms with Crippen LogP contribution in [0, 0.1) is 0 Å². The van der Waals surface area contributed by atoms with Crippen LogP contribution in [0.25, 0.3) is 0 Å². The highest BCUT2D eigenvalue weighted by molar-refractivity contribution is 5.86. The highest BCUT2D eigenvalue weighted by atomic mass is 19.3. The van der Waals surface area contributed by atoms with Gasteiger partial charge in [-0.1, -0.05) is 11.6 Å². The molecule has 0 aliphatic heterocycles. The van der Waals surface area contributed by atoms with Crippen LogP contribution in [0.4, 0.5) is 8.78 Å². The fraction of sp³-hybridized carbons (Fsp3) is 0.545. The minimum absolute atomic E-state index is 0.259. The van der Waals surface area contributed by atoms with Gasteiger partial charge in [0.05, 0.1) is 0 Å². The zero-order chi connectivity index (χ0) is 12.1. The smallest absolute Gasteiger partial charge is 0.333 e. The number of hydrogen-bond donors (Lipinski definition) is 1. The van der Waals surface area contributed by atoms with Crippen LogP contribution in [0.1, 0.15) is 26.2 Å². The average Bonchev–Trinajstić information content (AvgIpc) is 2.15. The molecule has 0 amide bonds. The maximum atomic E-state index is 13.0. The van der Waals surface area contributed by atoms with Gasteiger partial charge >= 0.3 is 5.92 Å². The number of carbonyl (C=O) groups excluding carboxylic acids is 1. The third kappa shape index (κ3) is 4.34. The van der Waals surface area contributed by atoms with E-state index < -0.39 is 17.8 Å². The summed E-state index contributed by atoms with van der Waals surface area (Å²) < 4.78 is 26.1. The Balaban J connectivity index is 4.19. The maximum Gasteiger partial charge on any atom is 0.333 e. The molecule has 0 fully saturated rings. The second-order valence-corrected chi connectivity index (χ2v) is 3.54. The van der Waals surface area contributed by atoms with Crippen LogP contribution in [0.3, 0.4) is 0 Å². The van der Waals surface area contributed by atoms with Gasteiger partial charge in [-0.3, -0.25) is 4.79 Å². The SMILES string of the molecule is C=CC(O)C(F)(F)C(=O)CCCC(=C)C. The number of Topliss-reactive ketones (excluding diaryl/α,β-unsaturated/α-hetero) is 1. The number of aliphatic hydroxyl groups excluding tert-OH is 1. The Bertz CT molecular complexity index is 259. The molecule has 0 bridgehead atoms. The molecule has 1 unspecified atom stereocenters. The summed E-state index contributed by atoms with van der Waals surface area (Å²) in [4.78, 5) is 11.1. The van der Waals surface area contributed by atoms with E-state index in [2.05, 4.69) is 13.2 Å². The lowest BCUT2D eigenvalue weighted by Gasteiger charge is -2.18. The van der Waals surface area contributed by atoms with E-state index in [0.717, 1.165) is 5.57 Å². The first-order valence-corrected chi connectivity index (χ1v) is 4.68. The Morgan fingerprint density at radius 1 is 1.53 bits per heavy atom. The fourth-order valence-electron chi connectivity index (χ4n) is 1.03. The van der Waals surface area contributed by atoms with Crippen LogP contribution in [-0.4, -0.2) is 22.9 Å². The lowest BCUT2D eigenvalue weighted by molar-refractivity contribution is -0.155. The normalized spacial score (nSPS) is 13.3. The summed E-state index contributed by atoms with van der Waals surface area (Å²) >= 11 is 0. The molecule has 1 N–H and O–H groups in total. The highest BCUT2D eigenvalue weighted by Gasteiger charge is 2.43. The van der Waals surface area contributed by atoms with Crippen molar-refractivity contribution in [2.75, 3.05) is 0 Å². The molecule has 0 rings (SSSR count). The number of ketones is 1. The fourth-order valence-corrected chi connectivity index (χ4v) is 1.03. The van der Waals surface area contributed by atoms with Crippen molar-refractivity contribution < 1.29 is 18.7 Å². The second-order valence-electron chi connectivity index (χ2n) is 3.54. The average molecular weight is 218 g/mol. The minimum Gasteiger partial charge on any atom is -0.382 e. The number of alkyl halides is 2. The summed E-state index contributed by atoms with van der Waals surface area (Å²) in [7, 11) is 0. The van der Waals surface area contributed by atoms with Crippen molar-refractivity contribution in [2.24, 2.45) is 0 Å². The molecule has 0 saturated carbocycles. The molecule has 0 aromatic rings. The van der Waals surface area contributed by atoms with Crippen molar-refractivity contribution in [2.45, 2.75) is 38.2 Å². The molecule has 0 aromatic heterocycles. The van der Waals surface area contributed by atoms with Gasteiger partial charge in [0, 0.05) is 6.42 Å². The minimum atomic E-state index is -3.73. The topological polar surface area (TPSA) is 37.3 Å². The Kier molecular flexibility index (Phi) is 5.36. The van der Waals surface area contributed by atoms with Crippen molar-refractivity contribution in [3.8, 4) is 0 Å². The molecule has 0 spiro atoms. The summed E-state index contributed by atoms with van der Waals surface area (Å²) in [6, 6.07) is 0. The van der Waals surface area contributed by atoms with E-state index in [1.54, 1.807) is 6.92 Å². The molecule has 15 heavy (non-hydrogen) atoms. The standard InChI is InChI=1S/C11H16F2O2/c1-4-9(14)11(12,13)10(15)7-5-6-8(2)3/h4,9,14H,1-2,5-7H2,3H3. The molecule has 0 aromatic carbocycles. The van der Waals surface area contributed by atoms with Crippen LogP contribution >= 0.6 is 0 Å². The molecule has 0 saturated heterocycles. The predicted molar refractivity (Wildman–Crippen MR) is 54.8 cm³/mol. The first-order valence-electron chi connectivity index (χ1n) is 4.68. The summed E-state index contributed by atoms with van der Waals surface area (Å²) in [5.74, 6) is -4.98. The lowest BCUT2D eigenvalue weighted by Crippen LogP contribution is -2.40. The van der Waals surface area contributed by atoms with Crippen LogP contribution in [0.5, 0.6) is 0 Å². The zero-order valence-electron chi connectivity index (χ0n) is 8.80. The van der Waals surface area contributed by atoms with Crippen molar-refractivity contribution in [1.82, 2.24) is 0 Å². The third-order valence-corrected chi connectivity index (χ3v) is 1.97. The molecule has 86 valence electrons. The molecular formula is C11H16F2O2. The van der Waals surface area contributed by atoms with Crippen LogP contribution in [-0.2, 0) is 4.79 Å². The molecule has 4 heteroatoms. The zero-order valence-corrected chi connectivity index (χ0v) is 8.80. The quantitative estimate of drug-likeness (QED) is 0.666. The van der Waals surface area contributed by atoms with E-state index in [4.69, 9.17) is 5.11 Å². The number of aliphatic hydroxyl groups is 1. The van der Waals surface area contributed by atoms with Gasteiger partial charge in [-0.15, -0.1) is 13.2 Å². The van der Waals surface area contributed by atoms with Gasteiger partial charge in [0.2, 0.25) is 5.78 Å². The van der Waals surface area contributed by atoms with Gasteiger partial charge in [-0.2, -0.15) is 8.78 Å². The van der Waals surface area contributed by atoms with Crippen molar-refractivity contribution in [3.63, 3.8) is 0 Å². The lowest BCUT2D eigenvalue weighted by atomic mass is 10.0. The second kappa shape index (κ2) is 5.75. The van der Waals surface area contributed by atoms with Gasteiger partial charge in [0.15, 0.2) is 0 Å².